The topological polar surface area (TPSA) is 199 Å². The van der Waals surface area contributed by atoms with Crippen LogP contribution in [-0.2, 0) is 4.79 Å². The molecule has 0 aliphatic rings. The molecule has 0 aliphatic carbocycles. The number of hydrogen-bond acceptors (Lipinski definition) is 8. The summed E-state index contributed by atoms with van der Waals surface area (Å²) in [5.41, 5.74) is 0. The summed E-state index contributed by atoms with van der Waals surface area (Å²) in [7, 11) is 0. The molecule has 0 heterocycles. The summed E-state index contributed by atoms with van der Waals surface area (Å²) in [6, 6.07) is 0. The van der Waals surface area contributed by atoms with Gasteiger partial charge in [0.2, 0.25) is 0 Å². The number of carbonyl (C=O) groups is 2. The zero-order chi connectivity index (χ0) is 14.2. The molecule has 102 valence electrons. The number of aliphatic hydroxyl groups is 5. The fourth-order valence-corrected chi connectivity index (χ4v) is 0.662. The molecule has 0 saturated carbocycles. The normalized spacial score (nSPS) is 16.1. The van der Waals surface area contributed by atoms with Crippen molar-refractivity contribution in [2.45, 2.75) is 24.4 Å². The second-order valence-corrected chi connectivity index (χ2v) is 2.78. The molecule has 0 aromatic heterocycles. The Hall–Kier alpha value is -0.460. The molecule has 7 N–H and O–H groups in total. The van der Waals surface area contributed by atoms with E-state index in [1.165, 1.54) is 0 Å². The third-order valence-corrected chi connectivity index (χ3v) is 1.50. The third kappa shape index (κ3) is 10.7. The van der Waals surface area contributed by atoms with Gasteiger partial charge in [0.15, 0.2) is 0 Å². The molecular formula is C7H13NaO10. The molecule has 10 nitrogen and oxygen atoms in total. The van der Waals surface area contributed by atoms with Gasteiger partial charge < -0.3 is 45.6 Å². The maximum atomic E-state index is 9.98. The van der Waals surface area contributed by atoms with Gasteiger partial charge in [-0.3, -0.25) is 0 Å². The second kappa shape index (κ2) is 11.6. The number of aliphatic hydroxyl groups excluding tert-OH is 5. The Kier molecular flexibility index (Phi) is 14.7. The Bertz CT molecular complexity index is 242. The average Bonchev–Trinajstić information content (AvgIpc) is 2.23. The maximum absolute atomic E-state index is 9.98. The quantitative estimate of drug-likeness (QED) is 0.237. The first-order valence-corrected chi connectivity index (χ1v) is 4.11. The van der Waals surface area contributed by atoms with Crippen LogP contribution in [0.5, 0.6) is 0 Å². The van der Waals surface area contributed by atoms with Crippen LogP contribution in [0.2, 0.25) is 0 Å². The van der Waals surface area contributed by atoms with E-state index in [1.807, 2.05) is 0 Å². The molecule has 18 heavy (non-hydrogen) atoms. The molecular weight excluding hydrogens is 267 g/mol. The zero-order valence-corrected chi connectivity index (χ0v) is 11.4. The van der Waals surface area contributed by atoms with Gasteiger partial charge >= 0.3 is 35.7 Å². The van der Waals surface area contributed by atoms with Gasteiger partial charge in [0.1, 0.15) is 24.4 Å². The van der Waals surface area contributed by atoms with E-state index in [-0.39, 0.29) is 29.6 Å². The van der Waals surface area contributed by atoms with Crippen LogP contribution in [0.1, 0.15) is 0 Å². The predicted molar refractivity (Wildman–Crippen MR) is 46.8 cm³/mol. The summed E-state index contributed by atoms with van der Waals surface area (Å²) in [6.07, 6.45) is -9.91. The molecule has 0 unspecified atom stereocenters. The van der Waals surface area contributed by atoms with Crippen molar-refractivity contribution >= 4 is 12.1 Å². The van der Waals surface area contributed by atoms with Crippen molar-refractivity contribution in [2.75, 3.05) is 6.61 Å². The number of aliphatic carboxylic acids is 1. The van der Waals surface area contributed by atoms with E-state index in [0.29, 0.717) is 0 Å². The van der Waals surface area contributed by atoms with E-state index in [2.05, 4.69) is 0 Å². The molecule has 0 amide bonds. The molecule has 0 aromatic rings. The number of carboxylic acid groups (broad SMARTS) is 3. The summed E-state index contributed by atoms with van der Waals surface area (Å²) in [5.74, 6) is -1.98. The van der Waals surface area contributed by atoms with Gasteiger partial charge in [-0.25, -0.2) is 4.79 Å². The molecule has 0 bridgehead atoms. The van der Waals surface area contributed by atoms with Crippen molar-refractivity contribution in [3.63, 3.8) is 0 Å². The monoisotopic (exact) mass is 280 g/mol. The van der Waals surface area contributed by atoms with Gasteiger partial charge in [-0.2, -0.15) is 0 Å². The number of carboxylic acids is 1. The molecule has 4 atom stereocenters. The third-order valence-electron chi connectivity index (χ3n) is 1.50. The smallest absolute Gasteiger partial charge is 0.547 e. The van der Waals surface area contributed by atoms with Crippen LogP contribution < -0.4 is 34.7 Å². The second-order valence-electron chi connectivity index (χ2n) is 2.78. The van der Waals surface area contributed by atoms with Crippen LogP contribution in [0.15, 0.2) is 0 Å². The minimum atomic E-state index is -2.31. The summed E-state index contributed by atoms with van der Waals surface area (Å²) < 4.78 is 0. The summed E-state index contributed by atoms with van der Waals surface area (Å²) in [6.45, 7) is -0.863. The van der Waals surface area contributed by atoms with E-state index in [4.69, 9.17) is 40.5 Å². The van der Waals surface area contributed by atoms with Crippen molar-refractivity contribution in [3.05, 3.63) is 0 Å². The van der Waals surface area contributed by atoms with E-state index in [9.17, 15) is 9.90 Å². The van der Waals surface area contributed by atoms with Crippen molar-refractivity contribution in [1.82, 2.24) is 0 Å². The maximum Gasteiger partial charge on any atom is 1.00 e. The van der Waals surface area contributed by atoms with E-state index in [0.717, 1.165) is 0 Å². The zero-order valence-electron chi connectivity index (χ0n) is 9.37. The van der Waals surface area contributed by atoms with Crippen LogP contribution in [0, 0.1) is 0 Å². The first-order valence-electron chi connectivity index (χ1n) is 4.11. The Labute approximate surface area is 123 Å². The van der Waals surface area contributed by atoms with Gasteiger partial charge in [-0.15, -0.1) is 0 Å². The van der Waals surface area contributed by atoms with Crippen LogP contribution in [0.4, 0.5) is 4.79 Å². The first-order chi connectivity index (χ1) is 7.64. The number of carbonyl (C=O) groups excluding carboxylic acids is 1. The molecule has 0 spiro atoms. The number of rotatable bonds is 5. The SMILES string of the molecule is O=C(O)O.O=C([O-])[C@H](O)[C@@H](O)[C@H](O)[C@H](O)CO.[Na+]. The molecule has 0 saturated heterocycles. The fourth-order valence-electron chi connectivity index (χ4n) is 0.662. The predicted octanol–water partition coefficient (Wildman–Crippen LogP) is -7.60. The van der Waals surface area contributed by atoms with Crippen molar-refractivity contribution < 1.29 is 80.0 Å². The fraction of sp³-hybridized carbons (Fsp3) is 0.714. The van der Waals surface area contributed by atoms with Gasteiger partial charge in [0, 0.05) is 0 Å². The van der Waals surface area contributed by atoms with Crippen LogP contribution in [0.3, 0.4) is 0 Å². The van der Waals surface area contributed by atoms with E-state index < -0.39 is 43.1 Å². The van der Waals surface area contributed by atoms with Gasteiger partial charge in [-0.05, 0) is 0 Å². The van der Waals surface area contributed by atoms with Crippen LogP contribution in [0.25, 0.3) is 0 Å². The molecule has 0 fully saturated rings. The molecule has 0 rings (SSSR count). The minimum absolute atomic E-state index is 0. The van der Waals surface area contributed by atoms with Crippen molar-refractivity contribution in [3.8, 4) is 0 Å². The largest absolute Gasteiger partial charge is 1.00 e. The summed E-state index contributed by atoms with van der Waals surface area (Å²) >= 11 is 0. The summed E-state index contributed by atoms with van der Waals surface area (Å²) in [4.78, 5) is 18.5. The van der Waals surface area contributed by atoms with Crippen LogP contribution in [-0.4, -0.2) is 78.9 Å². The molecule has 0 aliphatic heterocycles. The van der Waals surface area contributed by atoms with E-state index >= 15 is 0 Å². The molecule has 0 radical (unpaired) electrons. The molecule has 0 aromatic carbocycles. The van der Waals surface area contributed by atoms with Gasteiger partial charge in [0.25, 0.3) is 0 Å². The average molecular weight is 280 g/mol. The Morgan fingerprint density at radius 2 is 1.33 bits per heavy atom. The van der Waals surface area contributed by atoms with E-state index in [1.54, 1.807) is 0 Å². The first kappa shape index (κ1) is 22.7. The Morgan fingerprint density at radius 1 is 1.00 bits per heavy atom. The van der Waals surface area contributed by atoms with Crippen molar-refractivity contribution in [1.29, 1.82) is 0 Å². The number of hydrogen-bond donors (Lipinski definition) is 7. The van der Waals surface area contributed by atoms with Crippen molar-refractivity contribution in [2.24, 2.45) is 0 Å². The standard InChI is InChI=1S/C6H12O7.CH2O3.Na/c7-1-2(8)3(9)4(10)5(11)6(12)13;2-1(3)4;/h2-5,7-11H,1H2,(H,12,13);(H2,2,3,4);/q;;+1/p-1/t2-,3-,4+,5-;;/m1../s1. The minimum Gasteiger partial charge on any atom is -0.547 e. The van der Waals surface area contributed by atoms with Gasteiger partial charge in [0.05, 0.1) is 12.6 Å². The van der Waals surface area contributed by atoms with Gasteiger partial charge in [-0.1, -0.05) is 0 Å². The van der Waals surface area contributed by atoms with Crippen LogP contribution >= 0.6 is 0 Å². The molecule has 11 heteroatoms. The Balaban J connectivity index is -0.000000392. The Morgan fingerprint density at radius 3 is 1.56 bits per heavy atom. The summed E-state index contributed by atoms with van der Waals surface area (Å²) in [5, 5.41) is 67.4.